The summed E-state index contributed by atoms with van der Waals surface area (Å²) in [6.07, 6.45) is 1.78. The number of rotatable bonds is 4. The topological polar surface area (TPSA) is 68.5 Å². The second-order valence-electron chi connectivity index (χ2n) is 4.26. The Morgan fingerprint density at radius 2 is 2.00 bits per heavy atom. The van der Waals surface area contributed by atoms with E-state index in [1.165, 1.54) is 0 Å². The highest BCUT2D eigenvalue weighted by Crippen LogP contribution is 2.12. The van der Waals surface area contributed by atoms with Crippen LogP contribution in [0.25, 0.3) is 5.65 Å². The Labute approximate surface area is 134 Å². The van der Waals surface area contributed by atoms with Gasteiger partial charge in [-0.3, -0.25) is 9.20 Å². The molecule has 6 nitrogen and oxygen atoms in total. The molecule has 0 fully saturated rings. The van der Waals surface area contributed by atoms with Gasteiger partial charge in [0.2, 0.25) is 0 Å². The molecule has 106 valence electrons. The second-order valence-corrected chi connectivity index (χ2v) is 5.50. The molecule has 0 spiro atoms. The average molecular weight is 394 g/mol. The number of carbonyl (C=O) groups excluding carboxylic acids is 1. The number of hydrogen-bond donors (Lipinski definition) is 1. The summed E-state index contributed by atoms with van der Waals surface area (Å²) in [5, 5.41) is 10.6. The van der Waals surface area contributed by atoms with Crippen LogP contribution >= 0.6 is 22.6 Å². The molecule has 1 aromatic carbocycles. The van der Waals surface area contributed by atoms with E-state index in [-0.39, 0.29) is 12.5 Å². The van der Waals surface area contributed by atoms with Crippen molar-refractivity contribution in [3.05, 3.63) is 52.2 Å². The molecule has 2 aromatic heterocycles. The molecule has 0 unspecified atom stereocenters. The van der Waals surface area contributed by atoms with Crippen LogP contribution in [0.3, 0.4) is 0 Å². The minimum absolute atomic E-state index is 0.123. The van der Waals surface area contributed by atoms with Gasteiger partial charge in [0, 0.05) is 15.5 Å². The monoisotopic (exact) mass is 394 g/mol. The number of benzene rings is 1. The normalized spacial score (nSPS) is 10.5. The third kappa shape index (κ3) is 3.30. The third-order valence-corrected chi connectivity index (χ3v) is 3.46. The average Bonchev–Trinajstić information content (AvgIpc) is 2.91. The Morgan fingerprint density at radius 1 is 1.19 bits per heavy atom. The van der Waals surface area contributed by atoms with E-state index in [4.69, 9.17) is 4.74 Å². The van der Waals surface area contributed by atoms with Gasteiger partial charge in [0.15, 0.2) is 12.3 Å². The lowest BCUT2D eigenvalue weighted by Crippen LogP contribution is -2.20. The van der Waals surface area contributed by atoms with Gasteiger partial charge in [-0.2, -0.15) is 0 Å². The fraction of sp³-hybridized carbons (Fsp3) is 0.0714. The van der Waals surface area contributed by atoms with Crippen molar-refractivity contribution >= 4 is 39.8 Å². The maximum atomic E-state index is 11.8. The summed E-state index contributed by atoms with van der Waals surface area (Å²) < 4.78 is 8.18. The molecule has 0 radical (unpaired) electrons. The fourth-order valence-corrected chi connectivity index (χ4v) is 2.14. The highest BCUT2D eigenvalue weighted by Gasteiger charge is 2.08. The number of carbonyl (C=O) groups is 1. The molecule has 3 rings (SSSR count). The maximum absolute atomic E-state index is 11.8. The first-order chi connectivity index (χ1) is 10.2. The summed E-state index contributed by atoms with van der Waals surface area (Å²) in [6, 6.07) is 13.3. The van der Waals surface area contributed by atoms with Crippen molar-refractivity contribution < 1.29 is 9.53 Å². The van der Waals surface area contributed by atoms with E-state index < -0.39 is 0 Å². The second kappa shape index (κ2) is 6.08. The summed E-state index contributed by atoms with van der Waals surface area (Å²) >= 11 is 2.21. The lowest BCUT2D eigenvalue weighted by molar-refractivity contribution is -0.118. The van der Waals surface area contributed by atoms with Gasteiger partial charge in [0.25, 0.3) is 5.91 Å². The zero-order valence-electron chi connectivity index (χ0n) is 10.9. The quantitative estimate of drug-likeness (QED) is 0.690. The molecule has 0 bridgehead atoms. The molecule has 7 heteroatoms. The number of halogens is 1. The number of nitrogens with zero attached hydrogens (tertiary/aromatic N) is 3. The Morgan fingerprint density at radius 3 is 2.81 bits per heavy atom. The first-order valence-corrected chi connectivity index (χ1v) is 7.28. The van der Waals surface area contributed by atoms with E-state index >= 15 is 0 Å². The third-order valence-electron chi connectivity index (χ3n) is 2.74. The fourth-order valence-electron chi connectivity index (χ4n) is 1.78. The van der Waals surface area contributed by atoms with Gasteiger partial charge < -0.3 is 10.1 Å². The van der Waals surface area contributed by atoms with E-state index in [1.807, 2.05) is 42.5 Å². The van der Waals surface area contributed by atoms with E-state index in [9.17, 15) is 4.79 Å². The predicted octanol–water partition coefficient (Wildman–Crippen LogP) is 2.35. The predicted molar refractivity (Wildman–Crippen MR) is 86.3 cm³/mol. The molecular formula is C14H11IN4O2. The Balaban J connectivity index is 1.62. The minimum atomic E-state index is -0.246. The van der Waals surface area contributed by atoms with Crippen molar-refractivity contribution in [3.63, 3.8) is 0 Å². The van der Waals surface area contributed by atoms with Gasteiger partial charge in [-0.25, -0.2) is 0 Å². The molecule has 0 saturated carbocycles. The van der Waals surface area contributed by atoms with Crippen LogP contribution in [0.1, 0.15) is 0 Å². The molecular weight excluding hydrogens is 383 g/mol. The number of pyridine rings is 1. The Bertz CT molecular complexity index is 770. The van der Waals surface area contributed by atoms with Crippen LogP contribution in [0, 0.1) is 3.57 Å². The maximum Gasteiger partial charge on any atom is 0.322 e. The highest BCUT2D eigenvalue weighted by atomic mass is 127. The van der Waals surface area contributed by atoms with Crippen molar-refractivity contribution in [3.8, 4) is 6.01 Å². The number of hydrogen-bond acceptors (Lipinski definition) is 4. The molecule has 0 aliphatic heterocycles. The van der Waals surface area contributed by atoms with Gasteiger partial charge in [-0.15, -0.1) is 5.10 Å². The number of amides is 1. The van der Waals surface area contributed by atoms with E-state index in [1.54, 1.807) is 10.6 Å². The molecule has 21 heavy (non-hydrogen) atoms. The van der Waals surface area contributed by atoms with E-state index in [0.717, 1.165) is 9.26 Å². The summed E-state index contributed by atoms with van der Waals surface area (Å²) in [5.41, 5.74) is 1.40. The Kier molecular flexibility index (Phi) is 4.00. The first kappa shape index (κ1) is 13.8. The molecule has 1 amide bonds. The van der Waals surface area contributed by atoms with Crippen molar-refractivity contribution in [2.45, 2.75) is 0 Å². The Hall–Kier alpha value is -2.16. The number of nitrogens with one attached hydrogen (secondary N) is 1. The van der Waals surface area contributed by atoms with E-state index in [2.05, 4.69) is 38.1 Å². The summed E-state index contributed by atoms with van der Waals surface area (Å²) in [4.78, 5) is 11.8. The first-order valence-electron chi connectivity index (χ1n) is 6.20. The molecule has 0 atom stereocenters. The van der Waals surface area contributed by atoms with Crippen molar-refractivity contribution in [1.29, 1.82) is 0 Å². The lowest BCUT2D eigenvalue weighted by Gasteiger charge is -2.06. The van der Waals surface area contributed by atoms with Gasteiger partial charge in [-0.05, 0) is 59.0 Å². The van der Waals surface area contributed by atoms with Gasteiger partial charge in [0.1, 0.15) is 0 Å². The van der Waals surface area contributed by atoms with Crippen LogP contribution in [-0.2, 0) is 4.79 Å². The lowest BCUT2D eigenvalue weighted by atomic mass is 10.3. The molecule has 0 aliphatic carbocycles. The van der Waals surface area contributed by atoms with Crippen molar-refractivity contribution in [2.24, 2.45) is 0 Å². The van der Waals surface area contributed by atoms with Crippen molar-refractivity contribution in [1.82, 2.24) is 14.6 Å². The van der Waals surface area contributed by atoms with Crippen LogP contribution in [-0.4, -0.2) is 27.1 Å². The van der Waals surface area contributed by atoms with Crippen LogP contribution in [0.2, 0.25) is 0 Å². The van der Waals surface area contributed by atoms with Crippen LogP contribution in [0.4, 0.5) is 5.69 Å². The van der Waals surface area contributed by atoms with E-state index in [0.29, 0.717) is 11.7 Å². The largest absolute Gasteiger partial charge is 0.453 e. The molecule has 3 aromatic rings. The standard InChI is InChI=1S/C14H11IN4O2/c15-10-4-6-11(7-5-10)16-13(20)9-21-14-18-17-12-3-1-2-8-19(12)14/h1-8H,9H2,(H,16,20). The molecule has 2 heterocycles. The number of ether oxygens (including phenoxy) is 1. The number of anilines is 1. The summed E-state index contributed by atoms with van der Waals surface area (Å²) in [5.74, 6) is -0.246. The van der Waals surface area contributed by atoms with Crippen LogP contribution in [0.5, 0.6) is 6.01 Å². The van der Waals surface area contributed by atoms with Gasteiger partial charge in [0.05, 0.1) is 0 Å². The summed E-state index contributed by atoms with van der Waals surface area (Å²) in [6.45, 7) is -0.123. The SMILES string of the molecule is O=C(COc1nnc2ccccn12)Nc1ccc(I)cc1. The zero-order valence-corrected chi connectivity index (χ0v) is 13.0. The zero-order chi connectivity index (χ0) is 14.7. The number of aromatic nitrogens is 3. The molecule has 1 N–H and O–H groups in total. The smallest absolute Gasteiger partial charge is 0.322 e. The van der Waals surface area contributed by atoms with Gasteiger partial charge in [-0.1, -0.05) is 11.2 Å². The van der Waals surface area contributed by atoms with Crippen LogP contribution < -0.4 is 10.1 Å². The molecule has 0 aliphatic rings. The molecule has 0 saturated heterocycles. The number of fused-ring (bicyclic) bond motifs is 1. The van der Waals surface area contributed by atoms with Crippen LogP contribution in [0.15, 0.2) is 48.7 Å². The van der Waals surface area contributed by atoms with Crippen molar-refractivity contribution in [2.75, 3.05) is 11.9 Å². The van der Waals surface area contributed by atoms with Gasteiger partial charge >= 0.3 is 6.01 Å². The highest BCUT2D eigenvalue weighted by molar-refractivity contribution is 14.1. The minimum Gasteiger partial charge on any atom is -0.453 e. The summed E-state index contributed by atoms with van der Waals surface area (Å²) in [7, 11) is 0.